The Kier molecular flexibility index (Phi) is 3.22. The summed E-state index contributed by atoms with van der Waals surface area (Å²) in [5.41, 5.74) is 1.15. The van der Waals surface area contributed by atoms with Crippen molar-refractivity contribution in [3.8, 4) is 5.88 Å². The van der Waals surface area contributed by atoms with Crippen molar-refractivity contribution in [2.24, 2.45) is 5.92 Å². The van der Waals surface area contributed by atoms with Crippen LogP contribution in [0.4, 0.5) is 0 Å². The lowest BCUT2D eigenvalue weighted by Crippen LogP contribution is -2.30. The molecule has 0 atom stereocenters. The van der Waals surface area contributed by atoms with Crippen molar-refractivity contribution >= 4 is 0 Å². The molecule has 2 fully saturated rings. The van der Waals surface area contributed by atoms with Crippen molar-refractivity contribution in [3.05, 3.63) is 18.1 Å². The van der Waals surface area contributed by atoms with Crippen molar-refractivity contribution in [2.45, 2.75) is 31.6 Å². The van der Waals surface area contributed by atoms with Crippen LogP contribution in [-0.4, -0.2) is 29.7 Å². The summed E-state index contributed by atoms with van der Waals surface area (Å²) in [6.07, 6.45) is 6.59. The smallest absolute Gasteiger partial charge is 0.216 e. The molecule has 1 saturated heterocycles. The van der Waals surface area contributed by atoms with E-state index < -0.39 is 0 Å². The first-order valence-electron chi connectivity index (χ1n) is 6.57. The van der Waals surface area contributed by atoms with Gasteiger partial charge in [0.1, 0.15) is 6.33 Å². The van der Waals surface area contributed by atoms with Crippen molar-refractivity contribution < 1.29 is 4.74 Å². The van der Waals surface area contributed by atoms with Gasteiger partial charge in [-0.2, -0.15) is 0 Å². The van der Waals surface area contributed by atoms with Crippen LogP contribution in [0.5, 0.6) is 5.88 Å². The maximum Gasteiger partial charge on any atom is 0.216 e. The number of ether oxygens (including phenoxy) is 1. The zero-order valence-electron chi connectivity index (χ0n) is 10.1. The minimum atomic E-state index is 0.666. The predicted octanol–water partition coefficient (Wildman–Crippen LogP) is 1.73. The van der Waals surface area contributed by atoms with E-state index in [9.17, 15) is 0 Å². The van der Waals surface area contributed by atoms with E-state index in [0.717, 1.165) is 31.3 Å². The van der Waals surface area contributed by atoms with Gasteiger partial charge >= 0.3 is 0 Å². The number of piperidine rings is 1. The summed E-state index contributed by atoms with van der Waals surface area (Å²) in [7, 11) is 0. The lowest BCUT2D eigenvalue weighted by Gasteiger charge is -2.22. The molecule has 2 aliphatic rings. The topological polar surface area (TPSA) is 47.0 Å². The Labute approximate surface area is 102 Å². The first kappa shape index (κ1) is 11.0. The van der Waals surface area contributed by atoms with Crippen LogP contribution in [0.15, 0.2) is 12.4 Å². The van der Waals surface area contributed by atoms with Crippen molar-refractivity contribution in [3.63, 3.8) is 0 Å². The normalized spacial score (nSPS) is 21.4. The van der Waals surface area contributed by atoms with E-state index in [1.54, 1.807) is 6.33 Å². The number of aromatic nitrogens is 2. The molecule has 4 heteroatoms. The predicted molar refractivity (Wildman–Crippen MR) is 65.1 cm³/mol. The molecule has 3 rings (SSSR count). The molecule has 1 aromatic rings. The summed E-state index contributed by atoms with van der Waals surface area (Å²) in [5.74, 6) is 2.09. The van der Waals surface area contributed by atoms with Gasteiger partial charge in [0, 0.05) is 12.0 Å². The van der Waals surface area contributed by atoms with E-state index >= 15 is 0 Å². The zero-order valence-corrected chi connectivity index (χ0v) is 10.1. The number of hydrogen-bond acceptors (Lipinski definition) is 4. The third kappa shape index (κ3) is 2.94. The molecule has 0 aromatic carbocycles. The fourth-order valence-electron chi connectivity index (χ4n) is 2.29. The first-order chi connectivity index (χ1) is 8.42. The fraction of sp³-hybridized carbons (Fsp3) is 0.692. The summed E-state index contributed by atoms with van der Waals surface area (Å²) in [4.78, 5) is 8.48. The number of rotatable bonds is 4. The summed E-state index contributed by atoms with van der Waals surface area (Å²) in [6.45, 7) is 3.03. The van der Waals surface area contributed by atoms with Gasteiger partial charge in [-0.3, -0.25) is 0 Å². The number of nitrogens with zero attached hydrogens (tertiary/aromatic N) is 2. The third-order valence-corrected chi connectivity index (χ3v) is 3.58. The highest BCUT2D eigenvalue weighted by molar-refractivity contribution is 5.20. The van der Waals surface area contributed by atoms with E-state index in [0.29, 0.717) is 11.8 Å². The largest absolute Gasteiger partial charge is 0.477 e. The van der Waals surface area contributed by atoms with Crippen LogP contribution in [0, 0.1) is 5.92 Å². The molecular weight excluding hydrogens is 214 g/mol. The maximum absolute atomic E-state index is 5.79. The van der Waals surface area contributed by atoms with Gasteiger partial charge in [0.25, 0.3) is 0 Å². The Bertz CT molecular complexity index is 373. The van der Waals surface area contributed by atoms with Gasteiger partial charge in [-0.25, -0.2) is 9.97 Å². The van der Waals surface area contributed by atoms with E-state index in [-0.39, 0.29) is 0 Å². The molecule has 1 aliphatic carbocycles. The Hall–Kier alpha value is -1.16. The van der Waals surface area contributed by atoms with Crippen LogP contribution >= 0.6 is 0 Å². The van der Waals surface area contributed by atoms with Gasteiger partial charge in [-0.1, -0.05) is 0 Å². The minimum absolute atomic E-state index is 0.666. The summed E-state index contributed by atoms with van der Waals surface area (Å²) in [6, 6.07) is 2.01. The second-order valence-electron chi connectivity index (χ2n) is 5.06. The van der Waals surface area contributed by atoms with Gasteiger partial charge in [0.15, 0.2) is 0 Å². The monoisotopic (exact) mass is 233 g/mol. The van der Waals surface area contributed by atoms with Crippen molar-refractivity contribution in [1.29, 1.82) is 0 Å². The highest BCUT2D eigenvalue weighted by atomic mass is 16.5. The standard InChI is InChI=1S/C13H19N3O/c1-2-11(1)12-7-13(16-9-15-12)17-8-10-3-5-14-6-4-10/h7,9-11,14H,1-6,8H2. The lowest BCUT2D eigenvalue weighted by atomic mass is 9.99. The van der Waals surface area contributed by atoms with Crippen LogP contribution in [0.3, 0.4) is 0 Å². The molecule has 92 valence electrons. The Balaban J connectivity index is 1.54. The summed E-state index contributed by atoms with van der Waals surface area (Å²) >= 11 is 0. The summed E-state index contributed by atoms with van der Waals surface area (Å²) < 4.78 is 5.79. The molecule has 0 unspecified atom stereocenters. The molecular formula is C13H19N3O. The van der Waals surface area contributed by atoms with E-state index in [2.05, 4.69) is 15.3 Å². The van der Waals surface area contributed by atoms with Crippen LogP contribution in [0.25, 0.3) is 0 Å². The SMILES string of the molecule is c1nc(OCC2CCNCC2)cc(C2CC2)n1. The first-order valence-corrected chi connectivity index (χ1v) is 6.57. The average molecular weight is 233 g/mol. The highest BCUT2D eigenvalue weighted by Gasteiger charge is 2.25. The van der Waals surface area contributed by atoms with Gasteiger partial charge < -0.3 is 10.1 Å². The lowest BCUT2D eigenvalue weighted by molar-refractivity contribution is 0.208. The quantitative estimate of drug-likeness (QED) is 0.860. The molecule has 0 amide bonds. The van der Waals surface area contributed by atoms with Crippen LogP contribution in [0.2, 0.25) is 0 Å². The van der Waals surface area contributed by atoms with E-state index in [1.165, 1.54) is 25.7 Å². The van der Waals surface area contributed by atoms with Gasteiger partial charge in [0.05, 0.1) is 12.3 Å². The fourth-order valence-corrected chi connectivity index (χ4v) is 2.29. The Morgan fingerprint density at radius 2 is 2.00 bits per heavy atom. The second-order valence-corrected chi connectivity index (χ2v) is 5.06. The van der Waals surface area contributed by atoms with E-state index in [4.69, 9.17) is 4.74 Å². The third-order valence-electron chi connectivity index (χ3n) is 3.58. The molecule has 4 nitrogen and oxygen atoms in total. The summed E-state index contributed by atoms with van der Waals surface area (Å²) in [5, 5.41) is 3.36. The maximum atomic E-state index is 5.79. The van der Waals surface area contributed by atoms with Gasteiger partial charge in [0.2, 0.25) is 5.88 Å². The van der Waals surface area contributed by atoms with Crippen LogP contribution in [-0.2, 0) is 0 Å². The minimum Gasteiger partial charge on any atom is -0.477 e. The van der Waals surface area contributed by atoms with Crippen molar-refractivity contribution in [1.82, 2.24) is 15.3 Å². The molecule has 1 N–H and O–H groups in total. The molecule has 0 radical (unpaired) electrons. The molecule has 1 aliphatic heterocycles. The highest BCUT2D eigenvalue weighted by Crippen LogP contribution is 2.39. The molecule has 1 aromatic heterocycles. The van der Waals surface area contributed by atoms with Gasteiger partial charge in [-0.15, -0.1) is 0 Å². The molecule has 17 heavy (non-hydrogen) atoms. The Morgan fingerprint density at radius 3 is 2.76 bits per heavy atom. The van der Waals surface area contributed by atoms with Crippen molar-refractivity contribution in [2.75, 3.05) is 19.7 Å². The molecule has 0 spiro atoms. The number of hydrogen-bond donors (Lipinski definition) is 1. The van der Waals surface area contributed by atoms with Crippen LogP contribution < -0.4 is 10.1 Å². The molecule has 2 heterocycles. The second kappa shape index (κ2) is 5.00. The Morgan fingerprint density at radius 1 is 1.18 bits per heavy atom. The molecule has 1 saturated carbocycles. The van der Waals surface area contributed by atoms with Gasteiger partial charge in [-0.05, 0) is 44.7 Å². The number of nitrogens with one attached hydrogen (secondary N) is 1. The zero-order chi connectivity index (χ0) is 11.5. The average Bonchev–Trinajstić information content (AvgIpc) is 3.22. The van der Waals surface area contributed by atoms with E-state index in [1.807, 2.05) is 6.07 Å². The molecule has 0 bridgehead atoms. The van der Waals surface area contributed by atoms with Crippen LogP contribution in [0.1, 0.15) is 37.3 Å².